The first kappa shape index (κ1) is 17.2. The van der Waals surface area contributed by atoms with E-state index in [4.69, 9.17) is 9.15 Å². The van der Waals surface area contributed by atoms with Crippen LogP contribution in [0.4, 0.5) is 0 Å². The summed E-state index contributed by atoms with van der Waals surface area (Å²) in [6, 6.07) is 6.11. The van der Waals surface area contributed by atoms with Crippen LogP contribution in [0.2, 0.25) is 0 Å². The van der Waals surface area contributed by atoms with Crippen molar-refractivity contribution in [2.75, 3.05) is 32.8 Å². The molecule has 0 aliphatic carbocycles. The molecule has 0 bridgehead atoms. The quantitative estimate of drug-likeness (QED) is 0.836. The molecule has 2 aromatic rings. The fraction of sp³-hybridized carbons (Fsp3) is 0.500. The smallest absolute Gasteiger partial charge is 0.220 e. The molecule has 3 rings (SSSR count). The van der Waals surface area contributed by atoms with Gasteiger partial charge in [0.2, 0.25) is 5.91 Å². The highest BCUT2D eigenvalue weighted by molar-refractivity contribution is 7.07. The van der Waals surface area contributed by atoms with Gasteiger partial charge in [0.05, 0.1) is 19.3 Å². The number of nitrogens with one attached hydrogen (secondary N) is 1. The van der Waals surface area contributed by atoms with Crippen LogP contribution in [-0.2, 0) is 16.0 Å². The van der Waals surface area contributed by atoms with Gasteiger partial charge < -0.3 is 14.5 Å². The summed E-state index contributed by atoms with van der Waals surface area (Å²) in [5, 5.41) is 7.21. The number of morpholine rings is 1. The van der Waals surface area contributed by atoms with E-state index < -0.39 is 0 Å². The number of rotatable bonds is 7. The molecule has 1 fully saturated rings. The van der Waals surface area contributed by atoms with E-state index in [9.17, 15) is 4.79 Å². The van der Waals surface area contributed by atoms with Crippen LogP contribution in [-0.4, -0.2) is 43.7 Å². The summed E-state index contributed by atoms with van der Waals surface area (Å²) < 4.78 is 11.3. The molecule has 0 spiro atoms. The zero-order valence-electron chi connectivity index (χ0n) is 14.0. The first-order valence-electron chi connectivity index (χ1n) is 8.38. The van der Waals surface area contributed by atoms with Crippen LogP contribution < -0.4 is 5.32 Å². The Kier molecular flexibility index (Phi) is 6.07. The van der Waals surface area contributed by atoms with Gasteiger partial charge in [-0.2, -0.15) is 11.3 Å². The maximum atomic E-state index is 12.2. The Labute approximate surface area is 146 Å². The SMILES string of the molecule is Cc1ccc(C(CNC(=O)CCc2ccsc2)N2CCOCC2)o1. The van der Waals surface area contributed by atoms with Crippen LogP contribution in [0, 0.1) is 6.92 Å². The molecule has 1 N–H and O–H groups in total. The number of carbonyl (C=O) groups is 1. The fourth-order valence-corrected chi connectivity index (χ4v) is 3.63. The topological polar surface area (TPSA) is 54.7 Å². The molecule has 0 aromatic carbocycles. The number of carbonyl (C=O) groups excluding carboxylic acids is 1. The van der Waals surface area contributed by atoms with Gasteiger partial charge in [0, 0.05) is 26.1 Å². The van der Waals surface area contributed by atoms with Gasteiger partial charge in [-0.05, 0) is 47.9 Å². The molecule has 2 aromatic heterocycles. The molecule has 24 heavy (non-hydrogen) atoms. The highest BCUT2D eigenvalue weighted by atomic mass is 32.1. The first-order valence-corrected chi connectivity index (χ1v) is 9.32. The van der Waals surface area contributed by atoms with E-state index in [0.29, 0.717) is 13.0 Å². The number of nitrogens with zero attached hydrogens (tertiary/aromatic N) is 1. The molecule has 1 saturated heterocycles. The Morgan fingerprint density at radius 3 is 2.83 bits per heavy atom. The summed E-state index contributed by atoms with van der Waals surface area (Å²) in [6.07, 6.45) is 1.31. The fourth-order valence-electron chi connectivity index (χ4n) is 2.92. The van der Waals surface area contributed by atoms with Gasteiger partial charge in [-0.1, -0.05) is 0 Å². The average Bonchev–Trinajstić information content (AvgIpc) is 3.26. The minimum atomic E-state index is 0.0627. The third-order valence-electron chi connectivity index (χ3n) is 4.29. The molecule has 3 heterocycles. The predicted molar refractivity (Wildman–Crippen MR) is 94.2 cm³/mol. The average molecular weight is 348 g/mol. The number of hydrogen-bond acceptors (Lipinski definition) is 5. The number of ether oxygens (including phenoxy) is 1. The second kappa shape index (κ2) is 8.46. The van der Waals surface area contributed by atoms with Crippen LogP contribution in [0.25, 0.3) is 0 Å². The molecule has 1 unspecified atom stereocenters. The molecule has 5 nitrogen and oxygen atoms in total. The molecule has 1 amide bonds. The van der Waals surface area contributed by atoms with E-state index in [2.05, 4.69) is 21.7 Å². The molecule has 0 saturated carbocycles. The number of hydrogen-bond donors (Lipinski definition) is 1. The summed E-state index contributed by atoms with van der Waals surface area (Å²) >= 11 is 1.67. The molecule has 1 aliphatic rings. The Hall–Kier alpha value is -1.63. The number of furan rings is 1. The largest absolute Gasteiger partial charge is 0.465 e. The minimum Gasteiger partial charge on any atom is -0.465 e. The Balaban J connectivity index is 1.55. The van der Waals surface area contributed by atoms with Crippen molar-refractivity contribution in [1.29, 1.82) is 0 Å². The van der Waals surface area contributed by atoms with Crippen molar-refractivity contribution >= 4 is 17.2 Å². The summed E-state index contributed by atoms with van der Waals surface area (Å²) in [5.74, 6) is 1.89. The van der Waals surface area contributed by atoms with E-state index in [-0.39, 0.29) is 11.9 Å². The van der Waals surface area contributed by atoms with E-state index in [0.717, 1.165) is 44.2 Å². The third kappa shape index (κ3) is 4.69. The molecule has 1 aliphatic heterocycles. The van der Waals surface area contributed by atoms with Gasteiger partial charge in [0.25, 0.3) is 0 Å². The van der Waals surface area contributed by atoms with Gasteiger partial charge in [0.15, 0.2) is 0 Å². The van der Waals surface area contributed by atoms with Crippen molar-refractivity contribution in [3.8, 4) is 0 Å². The maximum absolute atomic E-state index is 12.2. The highest BCUT2D eigenvalue weighted by Crippen LogP contribution is 2.23. The second-order valence-electron chi connectivity index (χ2n) is 6.05. The Morgan fingerprint density at radius 1 is 1.33 bits per heavy atom. The Morgan fingerprint density at radius 2 is 2.17 bits per heavy atom. The monoisotopic (exact) mass is 348 g/mol. The van der Waals surface area contributed by atoms with Crippen LogP contribution in [0.15, 0.2) is 33.4 Å². The lowest BCUT2D eigenvalue weighted by Gasteiger charge is -2.33. The zero-order valence-corrected chi connectivity index (χ0v) is 14.8. The molecule has 6 heteroatoms. The second-order valence-corrected chi connectivity index (χ2v) is 6.83. The summed E-state index contributed by atoms with van der Waals surface area (Å²) in [4.78, 5) is 14.5. The summed E-state index contributed by atoms with van der Waals surface area (Å²) in [5.41, 5.74) is 1.22. The maximum Gasteiger partial charge on any atom is 0.220 e. The predicted octanol–water partition coefficient (Wildman–Crippen LogP) is 2.77. The lowest BCUT2D eigenvalue weighted by molar-refractivity contribution is -0.121. The normalized spacial score (nSPS) is 16.9. The van der Waals surface area contributed by atoms with Gasteiger partial charge in [-0.3, -0.25) is 9.69 Å². The van der Waals surface area contributed by atoms with Crippen molar-refractivity contribution in [3.05, 3.63) is 46.0 Å². The number of aryl methyl sites for hydroxylation is 2. The molecule has 1 atom stereocenters. The highest BCUT2D eigenvalue weighted by Gasteiger charge is 2.25. The van der Waals surface area contributed by atoms with Crippen molar-refractivity contribution in [3.63, 3.8) is 0 Å². The number of amides is 1. The third-order valence-corrected chi connectivity index (χ3v) is 5.02. The van der Waals surface area contributed by atoms with E-state index in [1.54, 1.807) is 11.3 Å². The van der Waals surface area contributed by atoms with Crippen LogP contribution in [0.5, 0.6) is 0 Å². The van der Waals surface area contributed by atoms with Gasteiger partial charge >= 0.3 is 0 Å². The summed E-state index contributed by atoms with van der Waals surface area (Å²) in [6.45, 7) is 5.67. The summed E-state index contributed by atoms with van der Waals surface area (Å²) in [7, 11) is 0. The van der Waals surface area contributed by atoms with E-state index >= 15 is 0 Å². The van der Waals surface area contributed by atoms with E-state index in [1.807, 2.05) is 24.4 Å². The minimum absolute atomic E-state index is 0.0627. The molecular weight excluding hydrogens is 324 g/mol. The van der Waals surface area contributed by atoms with Gasteiger partial charge in [-0.15, -0.1) is 0 Å². The lowest BCUT2D eigenvalue weighted by atomic mass is 10.1. The van der Waals surface area contributed by atoms with Crippen molar-refractivity contribution in [2.24, 2.45) is 0 Å². The number of thiophene rings is 1. The Bertz CT molecular complexity index is 632. The van der Waals surface area contributed by atoms with Crippen LogP contribution in [0.3, 0.4) is 0 Å². The zero-order chi connectivity index (χ0) is 16.8. The molecule has 130 valence electrons. The first-order chi connectivity index (χ1) is 11.7. The van der Waals surface area contributed by atoms with Gasteiger partial charge in [0.1, 0.15) is 11.5 Å². The molecule has 0 radical (unpaired) electrons. The van der Waals surface area contributed by atoms with Crippen LogP contribution in [0.1, 0.15) is 29.5 Å². The standard InChI is InChI=1S/C18H24N2O3S/c1-14-2-4-17(23-14)16(20-7-9-22-10-8-20)12-19-18(21)5-3-15-6-11-24-13-15/h2,4,6,11,13,16H,3,5,7-10,12H2,1H3,(H,19,21). The van der Waals surface area contributed by atoms with Gasteiger partial charge in [-0.25, -0.2) is 0 Å². The van der Waals surface area contributed by atoms with Crippen molar-refractivity contribution in [2.45, 2.75) is 25.8 Å². The lowest BCUT2D eigenvalue weighted by Crippen LogP contribution is -2.43. The van der Waals surface area contributed by atoms with Crippen molar-refractivity contribution in [1.82, 2.24) is 10.2 Å². The van der Waals surface area contributed by atoms with Crippen LogP contribution >= 0.6 is 11.3 Å². The van der Waals surface area contributed by atoms with E-state index in [1.165, 1.54) is 5.56 Å². The van der Waals surface area contributed by atoms with Crippen molar-refractivity contribution < 1.29 is 13.9 Å². The molecular formula is C18H24N2O3S.